The summed E-state index contributed by atoms with van der Waals surface area (Å²) in [6, 6.07) is 15.0. The van der Waals surface area contributed by atoms with E-state index >= 15 is 0 Å². The van der Waals surface area contributed by atoms with Gasteiger partial charge in [0, 0.05) is 5.56 Å². The van der Waals surface area contributed by atoms with E-state index in [0.29, 0.717) is 15.5 Å². The highest BCUT2D eigenvalue weighted by Crippen LogP contribution is 2.37. The third-order valence-corrected chi connectivity index (χ3v) is 6.64. The second-order valence-electron chi connectivity index (χ2n) is 7.41. The van der Waals surface area contributed by atoms with E-state index < -0.39 is 11.1 Å². The minimum atomic E-state index is -0.444. The number of imide groups is 1. The SMILES string of the molecule is Cc1ccc(C(=O)CN2C(=O)S/C(=C\C3=C(Cl)c4ccccc4CCC3)C2=O)cc1. The maximum Gasteiger partial charge on any atom is 0.293 e. The molecule has 1 heterocycles. The van der Waals surface area contributed by atoms with Gasteiger partial charge in [0.2, 0.25) is 0 Å². The van der Waals surface area contributed by atoms with Crippen molar-refractivity contribution < 1.29 is 14.4 Å². The van der Waals surface area contributed by atoms with Crippen LogP contribution in [0.2, 0.25) is 0 Å². The van der Waals surface area contributed by atoms with Crippen LogP contribution in [0.15, 0.2) is 65.1 Å². The highest BCUT2D eigenvalue weighted by atomic mass is 35.5. The van der Waals surface area contributed by atoms with Crippen LogP contribution in [-0.4, -0.2) is 28.4 Å². The summed E-state index contributed by atoms with van der Waals surface area (Å²) in [5.41, 5.74) is 4.52. The zero-order valence-corrected chi connectivity index (χ0v) is 18.1. The van der Waals surface area contributed by atoms with Crippen molar-refractivity contribution in [3.05, 3.63) is 87.3 Å². The lowest BCUT2D eigenvalue weighted by Gasteiger charge is -2.11. The van der Waals surface area contributed by atoms with Gasteiger partial charge in [0.15, 0.2) is 5.78 Å². The van der Waals surface area contributed by atoms with E-state index in [1.807, 2.05) is 37.3 Å². The number of halogens is 1. The van der Waals surface area contributed by atoms with Crippen molar-refractivity contribution >= 4 is 45.3 Å². The van der Waals surface area contributed by atoms with Crippen molar-refractivity contribution in [1.29, 1.82) is 0 Å². The molecule has 0 aromatic heterocycles. The van der Waals surface area contributed by atoms with Crippen molar-refractivity contribution in [2.24, 2.45) is 0 Å². The van der Waals surface area contributed by atoms with E-state index in [-0.39, 0.29) is 12.3 Å². The number of carbonyl (C=O) groups excluding carboxylic acids is 3. The van der Waals surface area contributed by atoms with Crippen molar-refractivity contribution in [1.82, 2.24) is 4.90 Å². The van der Waals surface area contributed by atoms with E-state index in [0.717, 1.165) is 52.6 Å². The van der Waals surface area contributed by atoms with Gasteiger partial charge in [-0.2, -0.15) is 0 Å². The first-order valence-corrected chi connectivity index (χ1v) is 11.0. The molecule has 4 nitrogen and oxygen atoms in total. The number of nitrogens with zero attached hydrogens (tertiary/aromatic N) is 1. The average Bonchev–Trinajstić information content (AvgIpc) is 2.90. The molecule has 0 N–H and O–H groups in total. The second kappa shape index (κ2) is 8.62. The molecule has 2 amide bonds. The van der Waals surface area contributed by atoms with Crippen LogP contribution in [-0.2, 0) is 11.2 Å². The van der Waals surface area contributed by atoms with E-state index in [4.69, 9.17) is 11.6 Å². The van der Waals surface area contributed by atoms with Crippen LogP contribution in [0.1, 0.15) is 39.9 Å². The van der Waals surface area contributed by atoms with Crippen molar-refractivity contribution in [3.8, 4) is 0 Å². The zero-order chi connectivity index (χ0) is 21.3. The predicted octanol–water partition coefficient (Wildman–Crippen LogP) is 5.74. The fourth-order valence-electron chi connectivity index (χ4n) is 3.61. The molecule has 1 aliphatic heterocycles. The Bertz CT molecular complexity index is 1100. The standard InChI is InChI=1S/C24H20ClNO3S/c1-15-9-11-17(12-10-15)20(27)14-26-23(28)21(30-24(26)29)13-18-7-4-6-16-5-2-3-8-19(16)22(18)25/h2-3,5,8-13H,4,6-7,14H2,1H3/b21-13-. The summed E-state index contributed by atoms with van der Waals surface area (Å²) in [7, 11) is 0. The number of ketones is 1. The summed E-state index contributed by atoms with van der Waals surface area (Å²) in [5, 5.41) is 0.183. The van der Waals surface area contributed by atoms with Gasteiger partial charge in [-0.25, -0.2) is 0 Å². The van der Waals surface area contributed by atoms with Gasteiger partial charge in [0.1, 0.15) is 0 Å². The number of benzene rings is 2. The molecule has 0 radical (unpaired) electrons. The van der Waals surface area contributed by atoms with Crippen LogP contribution in [0.25, 0.3) is 5.03 Å². The molecule has 1 fully saturated rings. The first-order valence-electron chi connectivity index (χ1n) is 9.76. The number of fused-ring (bicyclic) bond motifs is 1. The molecule has 0 atom stereocenters. The van der Waals surface area contributed by atoms with Gasteiger partial charge in [0.05, 0.1) is 16.5 Å². The Morgan fingerprint density at radius 2 is 1.83 bits per heavy atom. The molecule has 0 saturated carbocycles. The quantitative estimate of drug-likeness (QED) is 0.451. The van der Waals surface area contributed by atoms with E-state index in [9.17, 15) is 14.4 Å². The van der Waals surface area contributed by atoms with Crippen molar-refractivity contribution in [2.75, 3.05) is 6.54 Å². The lowest BCUT2D eigenvalue weighted by atomic mass is 10.0. The lowest BCUT2D eigenvalue weighted by molar-refractivity contribution is -0.122. The van der Waals surface area contributed by atoms with Crippen LogP contribution in [0.5, 0.6) is 0 Å². The fourth-order valence-corrected chi connectivity index (χ4v) is 4.79. The Morgan fingerprint density at radius 1 is 1.10 bits per heavy atom. The number of carbonyl (C=O) groups is 3. The molecule has 30 heavy (non-hydrogen) atoms. The second-order valence-corrected chi connectivity index (χ2v) is 8.78. The molecule has 2 aliphatic rings. The summed E-state index contributed by atoms with van der Waals surface area (Å²) in [5.74, 6) is -0.709. The Hall–Kier alpha value is -2.63. The highest BCUT2D eigenvalue weighted by Gasteiger charge is 2.36. The maximum atomic E-state index is 12.8. The molecular weight excluding hydrogens is 418 g/mol. The predicted molar refractivity (Wildman–Crippen MR) is 120 cm³/mol. The lowest BCUT2D eigenvalue weighted by Crippen LogP contribution is -2.33. The summed E-state index contributed by atoms with van der Waals surface area (Å²) >= 11 is 7.51. The number of aryl methyl sites for hydroxylation is 2. The summed E-state index contributed by atoms with van der Waals surface area (Å²) in [4.78, 5) is 39.1. The van der Waals surface area contributed by atoms with Gasteiger partial charge in [-0.15, -0.1) is 0 Å². The minimum Gasteiger partial charge on any atom is -0.292 e. The van der Waals surface area contributed by atoms with Crippen LogP contribution in [0.3, 0.4) is 0 Å². The van der Waals surface area contributed by atoms with E-state index in [1.165, 1.54) is 5.56 Å². The number of allylic oxidation sites excluding steroid dienone is 2. The average molecular weight is 438 g/mol. The zero-order valence-electron chi connectivity index (χ0n) is 16.5. The Morgan fingerprint density at radius 3 is 2.60 bits per heavy atom. The Kier molecular flexibility index (Phi) is 5.93. The number of Topliss-reactive ketones (excluding diaryl/α,β-unsaturated/α-hetero) is 1. The van der Waals surface area contributed by atoms with E-state index in [1.54, 1.807) is 18.2 Å². The topological polar surface area (TPSA) is 54.5 Å². The normalized spacial score (nSPS) is 18.1. The molecule has 0 unspecified atom stereocenters. The first kappa shape index (κ1) is 20.6. The number of hydrogen-bond acceptors (Lipinski definition) is 4. The van der Waals surface area contributed by atoms with Crippen LogP contribution in [0, 0.1) is 6.92 Å². The minimum absolute atomic E-state index is 0.263. The molecule has 1 saturated heterocycles. The maximum absolute atomic E-state index is 12.8. The Labute approximate surface area is 184 Å². The third-order valence-electron chi connectivity index (χ3n) is 5.28. The third kappa shape index (κ3) is 4.13. The molecule has 1 aliphatic carbocycles. The largest absolute Gasteiger partial charge is 0.293 e. The molecule has 0 spiro atoms. The Balaban J connectivity index is 1.57. The monoisotopic (exact) mass is 437 g/mol. The van der Waals surface area contributed by atoms with E-state index in [2.05, 4.69) is 6.07 Å². The van der Waals surface area contributed by atoms with Gasteiger partial charge in [-0.1, -0.05) is 65.7 Å². The summed E-state index contributed by atoms with van der Waals surface area (Å²) < 4.78 is 0. The molecule has 0 bridgehead atoms. The molecule has 4 rings (SSSR count). The molecule has 152 valence electrons. The molecule has 2 aromatic carbocycles. The van der Waals surface area contributed by atoms with Gasteiger partial charge in [-0.05, 0) is 60.7 Å². The van der Waals surface area contributed by atoms with Gasteiger partial charge in [0.25, 0.3) is 11.1 Å². The highest BCUT2D eigenvalue weighted by molar-refractivity contribution is 8.18. The van der Waals surface area contributed by atoms with Gasteiger partial charge >= 0.3 is 0 Å². The number of thioether (sulfide) groups is 1. The van der Waals surface area contributed by atoms with Crippen LogP contribution >= 0.6 is 23.4 Å². The number of amides is 2. The summed E-state index contributed by atoms with van der Waals surface area (Å²) in [6.45, 7) is 1.67. The summed E-state index contributed by atoms with van der Waals surface area (Å²) in [6.07, 6.45) is 4.26. The first-order chi connectivity index (χ1) is 14.4. The van der Waals surface area contributed by atoms with Gasteiger partial charge < -0.3 is 0 Å². The van der Waals surface area contributed by atoms with Crippen LogP contribution in [0.4, 0.5) is 4.79 Å². The molecule has 2 aromatic rings. The molecule has 6 heteroatoms. The number of hydrogen-bond donors (Lipinski definition) is 0. The van der Waals surface area contributed by atoms with Gasteiger partial charge in [-0.3, -0.25) is 19.3 Å². The smallest absolute Gasteiger partial charge is 0.292 e. The van der Waals surface area contributed by atoms with Crippen molar-refractivity contribution in [2.45, 2.75) is 26.2 Å². The van der Waals surface area contributed by atoms with Crippen molar-refractivity contribution in [3.63, 3.8) is 0 Å². The fraction of sp³-hybridized carbons (Fsp3) is 0.208. The molecular formula is C24H20ClNO3S. The van der Waals surface area contributed by atoms with Crippen LogP contribution < -0.4 is 0 Å². The number of rotatable bonds is 4.